The second-order valence-electron chi connectivity index (χ2n) is 7.03. The lowest BCUT2D eigenvalue weighted by Crippen LogP contribution is -2.52. The van der Waals surface area contributed by atoms with E-state index >= 15 is 0 Å². The number of rotatable bonds is 6. The van der Waals surface area contributed by atoms with Crippen molar-refractivity contribution in [1.29, 1.82) is 5.41 Å². The zero-order valence-electron chi connectivity index (χ0n) is 15.0. The minimum Gasteiger partial charge on any atom is -0.394 e. The van der Waals surface area contributed by atoms with Gasteiger partial charge < -0.3 is 20.4 Å². The van der Waals surface area contributed by atoms with Gasteiger partial charge in [0.1, 0.15) is 11.4 Å². The highest BCUT2D eigenvalue weighted by atomic mass is 16.2. The molecule has 1 unspecified atom stereocenters. The number of carbonyl (C=O) groups excluding carboxylic acids is 3. The SMILES string of the molecule is CN/C=C\C(=N)N1CCN(C(=O)CCC2(C3CC3)NC(=O)NC2=O)CC1. The molecule has 0 bridgehead atoms. The lowest BCUT2D eigenvalue weighted by atomic mass is 9.87. The van der Waals surface area contributed by atoms with Crippen molar-refractivity contribution in [1.82, 2.24) is 25.8 Å². The molecule has 0 aromatic rings. The van der Waals surface area contributed by atoms with E-state index in [4.69, 9.17) is 5.41 Å². The highest BCUT2D eigenvalue weighted by molar-refractivity contribution is 6.07. The molecule has 1 saturated carbocycles. The standard InChI is InChI=1S/C17H26N6O3/c1-19-7-5-13(18)22-8-10-23(11-9-22)14(24)4-6-17(12-2-3-12)15(25)20-16(26)21-17/h5,7,12,18-19H,2-4,6,8-11H2,1H3,(H2,20,21,25,26)/b7-5-,18-13?. The molecule has 142 valence electrons. The number of nitrogens with zero attached hydrogens (tertiary/aromatic N) is 2. The molecule has 2 heterocycles. The minimum atomic E-state index is -0.908. The van der Waals surface area contributed by atoms with Crippen LogP contribution in [0.4, 0.5) is 4.79 Å². The van der Waals surface area contributed by atoms with Gasteiger partial charge in [0.15, 0.2) is 0 Å². The van der Waals surface area contributed by atoms with Crippen LogP contribution in [-0.2, 0) is 9.59 Å². The largest absolute Gasteiger partial charge is 0.394 e. The number of piperazine rings is 1. The summed E-state index contributed by atoms with van der Waals surface area (Å²) < 4.78 is 0. The van der Waals surface area contributed by atoms with Crippen LogP contribution in [0, 0.1) is 11.3 Å². The van der Waals surface area contributed by atoms with E-state index in [-0.39, 0.29) is 24.2 Å². The summed E-state index contributed by atoms with van der Waals surface area (Å²) in [7, 11) is 1.78. The number of nitrogens with one attached hydrogen (secondary N) is 4. The summed E-state index contributed by atoms with van der Waals surface area (Å²) in [6, 6.07) is -0.462. The third-order valence-corrected chi connectivity index (χ3v) is 5.36. The quantitative estimate of drug-likeness (QED) is 0.292. The summed E-state index contributed by atoms with van der Waals surface area (Å²) >= 11 is 0. The number of carbonyl (C=O) groups is 3. The lowest BCUT2D eigenvalue weighted by molar-refractivity contribution is -0.133. The average molecular weight is 362 g/mol. The molecule has 3 fully saturated rings. The second-order valence-corrected chi connectivity index (χ2v) is 7.03. The predicted octanol–water partition coefficient (Wildman–Crippen LogP) is -0.391. The first-order valence-corrected chi connectivity index (χ1v) is 9.05. The van der Waals surface area contributed by atoms with Crippen LogP contribution in [0.3, 0.4) is 0 Å². The molecule has 4 N–H and O–H groups in total. The lowest BCUT2D eigenvalue weighted by Gasteiger charge is -2.36. The van der Waals surface area contributed by atoms with E-state index in [9.17, 15) is 14.4 Å². The maximum absolute atomic E-state index is 12.6. The van der Waals surface area contributed by atoms with Gasteiger partial charge in [-0.1, -0.05) is 0 Å². The molecule has 9 heteroatoms. The zero-order valence-corrected chi connectivity index (χ0v) is 15.0. The van der Waals surface area contributed by atoms with Gasteiger partial charge in [-0.05, 0) is 37.5 Å². The maximum atomic E-state index is 12.6. The van der Waals surface area contributed by atoms with Crippen LogP contribution in [0.1, 0.15) is 25.7 Å². The first-order valence-electron chi connectivity index (χ1n) is 9.05. The monoisotopic (exact) mass is 362 g/mol. The molecular weight excluding hydrogens is 336 g/mol. The number of urea groups is 1. The van der Waals surface area contributed by atoms with Crippen LogP contribution in [-0.4, -0.2) is 72.2 Å². The summed E-state index contributed by atoms with van der Waals surface area (Å²) in [6.07, 6.45) is 5.79. The fourth-order valence-corrected chi connectivity index (χ4v) is 3.68. The molecular formula is C17H26N6O3. The summed E-state index contributed by atoms with van der Waals surface area (Å²) in [5.41, 5.74) is -0.908. The van der Waals surface area contributed by atoms with Crippen molar-refractivity contribution in [3.63, 3.8) is 0 Å². The average Bonchev–Trinajstić information content (AvgIpc) is 3.44. The molecule has 2 aliphatic heterocycles. The number of imide groups is 1. The predicted molar refractivity (Wildman–Crippen MR) is 95.4 cm³/mol. The Bertz CT molecular complexity index is 636. The van der Waals surface area contributed by atoms with E-state index in [1.165, 1.54) is 0 Å². The molecule has 2 saturated heterocycles. The van der Waals surface area contributed by atoms with E-state index in [1.54, 1.807) is 24.2 Å². The van der Waals surface area contributed by atoms with E-state index in [1.807, 2.05) is 4.90 Å². The summed E-state index contributed by atoms with van der Waals surface area (Å²) in [4.78, 5) is 40.0. The van der Waals surface area contributed by atoms with Crippen molar-refractivity contribution in [3.05, 3.63) is 12.3 Å². The smallest absolute Gasteiger partial charge is 0.322 e. The fraction of sp³-hybridized carbons (Fsp3) is 0.647. The Balaban J connectivity index is 1.50. The van der Waals surface area contributed by atoms with Crippen molar-refractivity contribution in [2.75, 3.05) is 33.2 Å². The highest BCUT2D eigenvalue weighted by Gasteiger charge is 2.55. The molecule has 3 aliphatic rings. The minimum absolute atomic E-state index is 0.00378. The zero-order chi connectivity index (χ0) is 18.7. The summed E-state index contributed by atoms with van der Waals surface area (Å²) in [5.74, 6) is 0.255. The Morgan fingerprint density at radius 3 is 2.46 bits per heavy atom. The van der Waals surface area contributed by atoms with Crippen LogP contribution >= 0.6 is 0 Å². The first-order chi connectivity index (χ1) is 12.5. The van der Waals surface area contributed by atoms with Gasteiger partial charge >= 0.3 is 6.03 Å². The Morgan fingerprint density at radius 2 is 1.92 bits per heavy atom. The maximum Gasteiger partial charge on any atom is 0.322 e. The molecule has 0 radical (unpaired) electrons. The van der Waals surface area contributed by atoms with E-state index in [0.29, 0.717) is 38.4 Å². The van der Waals surface area contributed by atoms with Crippen LogP contribution in [0.15, 0.2) is 12.3 Å². The van der Waals surface area contributed by atoms with Gasteiger partial charge in [-0.25, -0.2) is 4.79 Å². The van der Waals surface area contributed by atoms with Gasteiger partial charge in [0.25, 0.3) is 5.91 Å². The molecule has 0 spiro atoms. The van der Waals surface area contributed by atoms with E-state index in [2.05, 4.69) is 16.0 Å². The van der Waals surface area contributed by atoms with Gasteiger partial charge in [0.2, 0.25) is 5.91 Å². The van der Waals surface area contributed by atoms with E-state index < -0.39 is 11.6 Å². The molecule has 26 heavy (non-hydrogen) atoms. The normalized spacial score (nSPS) is 26.0. The van der Waals surface area contributed by atoms with Crippen molar-refractivity contribution in [3.8, 4) is 0 Å². The van der Waals surface area contributed by atoms with Gasteiger partial charge in [-0.3, -0.25) is 20.3 Å². The summed E-state index contributed by atoms with van der Waals surface area (Å²) in [6.45, 7) is 2.35. The molecule has 3 rings (SSSR count). The van der Waals surface area contributed by atoms with Crippen LogP contribution in [0.25, 0.3) is 0 Å². The Kier molecular flexibility index (Phi) is 5.15. The van der Waals surface area contributed by atoms with Gasteiger partial charge in [-0.15, -0.1) is 0 Å². The molecule has 4 amide bonds. The molecule has 1 atom stereocenters. The summed E-state index contributed by atoms with van der Waals surface area (Å²) in [5, 5.41) is 15.9. The second kappa shape index (κ2) is 7.35. The van der Waals surface area contributed by atoms with Gasteiger partial charge in [-0.2, -0.15) is 0 Å². The van der Waals surface area contributed by atoms with Crippen molar-refractivity contribution in [2.24, 2.45) is 5.92 Å². The molecule has 9 nitrogen and oxygen atoms in total. The number of hydrogen-bond acceptors (Lipinski definition) is 5. The number of hydrogen-bond donors (Lipinski definition) is 4. The van der Waals surface area contributed by atoms with Crippen molar-refractivity contribution >= 4 is 23.7 Å². The van der Waals surface area contributed by atoms with Gasteiger partial charge in [0, 0.05) is 39.6 Å². The van der Waals surface area contributed by atoms with Crippen LogP contribution in [0.2, 0.25) is 0 Å². The van der Waals surface area contributed by atoms with Crippen LogP contribution in [0.5, 0.6) is 0 Å². The highest BCUT2D eigenvalue weighted by Crippen LogP contribution is 2.43. The Hall–Kier alpha value is -2.58. The molecule has 1 aliphatic carbocycles. The third-order valence-electron chi connectivity index (χ3n) is 5.36. The first kappa shape index (κ1) is 18.2. The molecule has 0 aromatic heterocycles. The molecule has 0 aromatic carbocycles. The third kappa shape index (κ3) is 3.66. The number of amidine groups is 1. The Labute approximate surface area is 152 Å². The Morgan fingerprint density at radius 1 is 1.27 bits per heavy atom. The van der Waals surface area contributed by atoms with E-state index in [0.717, 1.165) is 12.8 Å². The van der Waals surface area contributed by atoms with Crippen LogP contribution < -0.4 is 16.0 Å². The van der Waals surface area contributed by atoms with Gasteiger partial charge in [0.05, 0.1) is 0 Å². The topological polar surface area (TPSA) is 118 Å². The van der Waals surface area contributed by atoms with Crippen molar-refractivity contribution < 1.29 is 14.4 Å². The number of amides is 4. The van der Waals surface area contributed by atoms with Crippen molar-refractivity contribution in [2.45, 2.75) is 31.2 Å². The fourth-order valence-electron chi connectivity index (χ4n) is 3.68.